The fraction of sp³-hybridized carbons (Fsp3) is 0.211. The molecule has 1 heterocycles. The number of halogens is 1. The molecule has 0 spiro atoms. The van der Waals surface area contributed by atoms with E-state index in [2.05, 4.69) is 63.7 Å². The van der Waals surface area contributed by atoms with E-state index < -0.39 is 0 Å². The van der Waals surface area contributed by atoms with Gasteiger partial charge in [-0.1, -0.05) is 49.1 Å². The molecule has 0 fully saturated rings. The van der Waals surface area contributed by atoms with Gasteiger partial charge in [0, 0.05) is 17.2 Å². The Balaban J connectivity index is 2.35. The fourth-order valence-corrected chi connectivity index (χ4v) is 2.08. The Kier molecular flexibility index (Phi) is 9.71. The number of nitrogens with one attached hydrogen (secondary N) is 1. The van der Waals surface area contributed by atoms with E-state index in [1.165, 1.54) is 5.57 Å². The zero-order valence-electron chi connectivity index (χ0n) is 12.8. The summed E-state index contributed by atoms with van der Waals surface area (Å²) in [7, 11) is 0. The van der Waals surface area contributed by atoms with Gasteiger partial charge in [0.05, 0.1) is 11.9 Å². The Bertz CT molecular complexity index is 556. The first-order chi connectivity index (χ1) is 10.8. The maximum absolute atomic E-state index is 4.11. The third-order valence-corrected chi connectivity index (χ3v) is 3.33. The number of unbranched alkanes of at least 4 members (excludes halogenated alkanes) is 1. The monoisotopic (exact) mass is 358 g/mol. The molecule has 0 unspecified atom stereocenters. The number of anilines is 1. The molecule has 2 nitrogen and oxygen atoms in total. The summed E-state index contributed by atoms with van der Waals surface area (Å²) in [4.78, 5) is 4.11. The number of pyridine rings is 1. The van der Waals surface area contributed by atoms with E-state index in [0.29, 0.717) is 0 Å². The molecular weight excluding hydrogens is 336 g/mol. The van der Waals surface area contributed by atoms with Crippen LogP contribution in [0, 0.1) is 0 Å². The van der Waals surface area contributed by atoms with Gasteiger partial charge in [-0.05, 0) is 46.8 Å². The molecule has 1 aromatic heterocycles. The quantitative estimate of drug-likeness (QED) is 0.323. The van der Waals surface area contributed by atoms with Crippen LogP contribution in [-0.2, 0) is 0 Å². The van der Waals surface area contributed by atoms with Crippen molar-refractivity contribution < 1.29 is 0 Å². The summed E-state index contributed by atoms with van der Waals surface area (Å²) >= 11 is 3.40. The third-order valence-electron chi connectivity index (χ3n) is 2.90. The number of rotatable bonds is 10. The van der Waals surface area contributed by atoms with E-state index in [0.717, 1.165) is 36.0 Å². The summed E-state index contributed by atoms with van der Waals surface area (Å²) in [5.74, 6) is 0. The Labute approximate surface area is 142 Å². The highest BCUT2D eigenvalue weighted by atomic mass is 79.9. The lowest BCUT2D eigenvalue weighted by Crippen LogP contribution is -1.98. The standard InChI is InChI=1S/C19H23BrN2/c1-3-5-6-7-8-11-17(4-2)12-9-10-13-22-19-14-18(20)15-21-16-19/h3-4,7-10,12,14-16,22H,1-2,5-6,11,13H2/b8-7+,10-9+,17-12+. The van der Waals surface area contributed by atoms with Gasteiger partial charge < -0.3 is 5.32 Å². The molecule has 0 saturated heterocycles. The SMILES string of the molecule is C=CCC/C=C/C/C(C=C)=C/C=C/CNc1cncc(Br)c1. The van der Waals surface area contributed by atoms with E-state index in [1.54, 1.807) is 12.4 Å². The van der Waals surface area contributed by atoms with E-state index in [-0.39, 0.29) is 0 Å². The topological polar surface area (TPSA) is 24.9 Å². The lowest BCUT2D eigenvalue weighted by Gasteiger charge is -2.02. The van der Waals surface area contributed by atoms with Crippen LogP contribution in [0.1, 0.15) is 19.3 Å². The first-order valence-corrected chi connectivity index (χ1v) is 8.14. The number of hydrogen-bond acceptors (Lipinski definition) is 2. The first-order valence-electron chi connectivity index (χ1n) is 7.34. The maximum atomic E-state index is 4.11. The molecule has 0 saturated carbocycles. The molecule has 0 radical (unpaired) electrons. The number of hydrogen-bond donors (Lipinski definition) is 1. The smallest absolute Gasteiger partial charge is 0.0540 e. The van der Waals surface area contributed by atoms with Gasteiger partial charge in [-0.2, -0.15) is 0 Å². The molecule has 0 aliphatic carbocycles. The van der Waals surface area contributed by atoms with Gasteiger partial charge in [0.15, 0.2) is 0 Å². The Morgan fingerprint density at radius 1 is 1.18 bits per heavy atom. The molecule has 0 atom stereocenters. The first kappa shape index (κ1) is 18.2. The van der Waals surface area contributed by atoms with Crippen LogP contribution in [0.25, 0.3) is 0 Å². The van der Waals surface area contributed by atoms with Crippen molar-refractivity contribution in [1.82, 2.24) is 4.98 Å². The van der Waals surface area contributed by atoms with Crippen molar-refractivity contribution >= 4 is 21.6 Å². The third kappa shape index (κ3) is 8.42. The molecule has 1 aromatic rings. The predicted octanol–water partition coefficient (Wildman–Crippen LogP) is 5.84. The summed E-state index contributed by atoms with van der Waals surface area (Å²) < 4.78 is 0.971. The highest BCUT2D eigenvalue weighted by Crippen LogP contribution is 2.13. The summed E-state index contributed by atoms with van der Waals surface area (Å²) in [6.07, 6.45) is 21.0. The van der Waals surface area contributed by atoms with E-state index in [1.807, 2.05) is 24.3 Å². The average molecular weight is 359 g/mol. The van der Waals surface area contributed by atoms with Crippen LogP contribution >= 0.6 is 15.9 Å². The van der Waals surface area contributed by atoms with Crippen molar-refractivity contribution in [2.24, 2.45) is 0 Å². The molecule has 116 valence electrons. The summed E-state index contributed by atoms with van der Waals surface area (Å²) in [6.45, 7) is 8.32. The van der Waals surface area contributed by atoms with Gasteiger partial charge in [-0.3, -0.25) is 4.98 Å². The van der Waals surface area contributed by atoms with Crippen molar-refractivity contribution in [3.63, 3.8) is 0 Å². The summed E-state index contributed by atoms with van der Waals surface area (Å²) in [6, 6.07) is 2.00. The van der Waals surface area contributed by atoms with E-state index in [9.17, 15) is 0 Å². The predicted molar refractivity (Wildman–Crippen MR) is 101 cm³/mol. The summed E-state index contributed by atoms with van der Waals surface area (Å²) in [5, 5.41) is 3.29. The molecule has 0 aliphatic heterocycles. The Morgan fingerprint density at radius 2 is 2.05 bits per heavy atom. The van der Waals surface area contributed by atoms with Gasteiger partial charge in [0.2, 0.25) is 0 Å². The van der Waals surface area contributed by atoms with Crippen LogP contribution in [0.3, 0.4) is 0 Å². The van der Waals surface area contributed by atoms with Crippen LogP contribution in [0.4, 0.5) is 5.69 Å². The fourth-order valence-electron chi connectivity index (χ4n) is 1.72. The van der Waals surface area contributed by atoms with Crippen LogP contribution in [0.2, 0.25) is 0 Å². The van der Waals surface area contributed by atoms with Crippen molar-refractivity contribution in [3.8, 4) is 0 Å². The largest absolute Gasteiger partial charge is 0.380 e. The van der Waals surface area contributed by atoms with Crippen molar-refractivity contribution in [3.05, 3.63) is 84.2 Å². The van der Waals surface area contributed by atoms with Crippen molar-refractivity contribution in [2.45, 2.75) is 19.3 Å². The van der Waals surface area contributed by atoms with Crippen LogP contribution in [0.5, 0.6) is 0 Å². The zero-order chi connectivity index (χ0) is 16.0. The lowest BCUT2D eigenvalue weighted by atomic mass is 10.1. The van der Waals surface area contributed by atoms with Gasteiger partial charge in [-0.15, -0.1) is 6.58 Å². The second kappa shape index (κ2) is 11.8. The van der Waals surface area contributed by atoms with Crippen LogP contribution in [0.15, 0.2) is 84.2 Å². The van der Waals surface area contributed by atoms with Crippen molar-refractivity contribution in [2.75, 3.05) is 11.9 Å². The molecule has 1 rings (SSSR count). The highest BCUT2D eigenvalue weighted by molar-refractivity contribution is 9.10. The second-order valence-electron chi connectivity index (χ2n) is 4.69. The summed E-state index contributed by atoms with van der Waals surface area (Å²) in [5.41, 5.74) is 2.20. The van der Waals surface area contributed by atoms with Crippen molar-refractivity contribution in [1.29, 1.82) is 0 Å². The molecule has 0 bridgehead atoms. The normalized spacial score (nSPS) is 12.0. The maximum Gasteiger partial charge on any atom is 0.0540 e. The Hall–Kier alpha value is -1.87. The minimum atomic E-state index is 0.758. The second-order valence-corrected chi connectivity index (χ2v) is 5.60. The number of nitrogens with zero attached hydrogens (tertiary/aromatic N) is 1. The molecule has 0 aliphatic rings. The molecular formula is C19H23BrN2. The molecule has 22 heavy (non-hydrogen) atoms. The minimum Gasteiger partial charge on any atom is -0.380 e. The zero-order valence-corrected chi connectivity index (χ0v) is 14.4. The highest BCUT2D eigenvalue weighted by Gasteiger charge is 1.91. The Morgan fingerprint density at radius 3 is 2.77 bits per heavy atom. The van der Waals surface area contributed by atoms with Gasteiger partial charge in [-0.25, -0.2) is 0 Å². The van der Waals surface area contributed by atoms with E-state index >= 15 is 0 Å². The lowest BCUT2D eigenvalue weighted by molar-refractivity contribution is 1.04. The molecule has 0 aromatic carbocycles. The molecule has 1 N–H and O–H groups in total. The van der Waals surface area contributed by atoms with Gasteiger partial charge in [0.1, 0.15) is 0 Å². The average Bonchev–Trinajstić information content (AvgIpc) is 2.52. The molecule has 0 amide bonds. The minimum absolute atomic E-state index is 0.758. The van der Waals surface area contributed by atoms with Crippen LogP contribution < -0.4 is 5.32 Å². The van der Waals surface area contributed by atoms with Gasteiger partial charge in [0.25, 0.3) is 0 Å². The number of aromatic nitrogens is 1. The van der Waals surface area contributed by atoms with Gasteiger partial charge >= 0.3 is 0 Å². The van der Waals surface area contributed by atoms with Crippen LogP contribution in [-0.4, -0.2) is 11.5 Å². The van der Waals surface area contributed by atoms with E-state index in [4.69, 9.17) is 0 Å². The molecule has 3 heteroatoms. The number of allylic oxidation sites excluding steroid dienone is 7.